The zero-order chi connectivity index (χ0) is 21.7. The van der Waals surface area contributed by atoms with Crippen LogP contribution in [0.2, 0.25) is 0 Å². The second-order valence-corrected chi connectivity index (χ2v) is 7.70. The van der Waals surface area contributed by atoms with Crippen molar-refractivity contribution in [3.63, 3.8) is 0 Å². The van der Waals surface area contributed by atoms with Crippen molar-refractivity contribution >= 4 is 41.0 Å². The lowest BCUT2D eigenvalue weighted by molar-refractivity contribution is 0.414. The molecule has 0 amide bonds. The van der Waals surface area contributed by atoms with E-state index in [0.717, 1.165) is 36.8 Å². The predicted molar refractivity (Wildman–Crippen MR) is 126 cm³/mol. The lowest BCUT2D eigenvalue weighted by Gasteiger charge is -2.41. The van der Waals surface area contributed by atoms with Gasteiger partial charge in [0.2, 0.25) is 5.95 Å². The first-order valence-corrected chi connectivity index (χ1v) is 10.1. The first-order valence-electron chi connectivity index (χ1n) is 9.67. The van der Waals surface area contributed by atoms with Gasteiger partial charge in [0.05, 0.1) is 18.9 Å². The molecule has 0 saturated carbocycles. The standard InChI is InChI=1S/C20H28N8OS/c1-14-13-27(9-10-28(14)16-5-7-17(29-4)8-6-16)20-22-11-15(12-23-25-19(21)30)18(24-20)26(2)3/h5-8,11-12,14H,9-10,13H2,1-4H3,(H3,21,25,30). The molecule has 1 aliphatic heterocycles. The van der Waals surface area contributed by atoms with Crippen molar-refractivity contribution in [2.45, 2.75) is 13.0 Å². The molecule has 10 heteroatoms. The molecule has 1 saturated heterocycles. The van der Waals surface area contributed by atoms with Crippen LogP contribution in [0.15, 0.2) is 35.6 Å². The molecule has 30 heavy (non-hydrogen) atoms. The minimum atomic E-state index is 0.110. The van der Waals surface area contributed by atoms with Gasteiger partial charge in [-0.3, -0.25) is 5.43 Å². The maximum absolute atomic E-state index is 5.40. The van der Waals surface area contributed by atoms with E-state index in [0.29, 0.717) is 12.0 Å². The summed E-state index contributed by atoms with van der Waals surface area (Å²) in [6.45, 7) is 4.76. The quantitative estimate of drug-likeness (QED) is 0.402. The summed E-state index contributed by atoms with van der Waals surface area (Å²) in [7, 11) is 5.56. The highest BCUT2D eigenvalue weighted by molar-refractivity contribution is 7.80. The molecule has 1 fully saturated rings. The fourth-order valence-corrected chi connectivity index (χ4v) is 3.49. The maximum Gasteiger partial charge on any atom is 0.227 e. The number of ether oxygens (including phenoxy) is 1. The van der Waals surface area contributed by atoms with Crippen LogP contribution >= 0.6 is 12.2 Å². The largest absolute Gasteiger partial charge is 0.497 e. The summed E-state index contributed by atoms with van der Waals surface area (Å²) in [4.78, 5) is 15.9. The average molecular weight is 429 g/mol. The van der Waals surface area contributed by atoms with Gasteiger partial charge in [0.1, 0.15) is 11.6 Å². The average Bonchev–Trinajstić information content (AvgIpc) is 2.73. The van der Waals surface area contributed by atoms with Gasteiger partial charge in [0.25, 0.3) is 0 Å². The van der Waals surface area contributed by atoms with Crippen LogP contribution in [0.1, 0.15) is 12.5 Å². The molecule has 3 N–H and O–H groups in total. The molecule has 2 aromatic rings. The van der Waals surface area contributed by atoms with E-state index in [1.807, 2.05) is 31.1 Å². The first-order chi connectivity index (χ1) is 14.4. The topological polar surface area (TPSA) is 95.1 Å². The molecule has 1 aliphatic rings. The van der Waals surface area contributed by atoms with E-state index >= 15 is 0 Å². The fraction of sp³-hybridized carbons (Fsp3) is 0.400. The molecule has 1 aromatic heterocycles. The lowest BCUT2D eigenvalue weighted by Crippen LogP contribution is -2.52. The number of anilines is 3. The van der Waals surface area contributed by atoms with Crippen molar-refractivity contribution in [1.82, 2.24) is 15.4 Å². The Bertz CT molecular complexity index is 902. The van der Waals surface area contributed by atoms with E-state index in [1.54, 1.807) is 19.5 Å². The van der Waals surface area contributed by atoms with E-state index < -0.39 is 0 Å². The highest BCUT2D eigenvalue weighted by Gasteiger charge is 2.26. The molecule has 0 spiro atoms. The summed E-state index contributed by atoms with van der Waals surface area (Å²) >= 11 is 4.76. The second kappa shape index (κ2) is 9.57. The Morgan fingerprint density at radius 2 is 2.07 bits per heavy atom. The molecule has 160 valence electrons. The predicted octanol–water partition coefficient (Wildman–Crippen LogP) is 1.43. The van der Waals surface area contributed by atoms with Gasteiger partial charge in [-0.05, 0) is 43.4 Å². The van der Waals surface area contributed by atoms with Crippen molar-refractivity contribution in [1.29, 1.82) is 0 Å². The van der Waals surface area contributed by atoms with Gasteiger partial charge in [-0.2, -0.15) is 10.1 Å². The van der Waals surface area contributed by atoms with Crippen LogP contribution in [0.4, 0.5) is 17.5 Å². The molecular weight excluding hydrogens is 400 g/mol. The van der Waals surface area contributed by atoms with Gasteiger partial charge >= 0.3 is 0 Å². The van der Waals surface area contributed by atoms with E-state index in [2.05, 4.69) is 44.4 Å². The number of methoxy groups -OCH3 is 1. The summed E-state index contributed by atoms with van der Waals surface area (Å²) in [6.07, 6.45) is 3.38. The molecule has 0 radical (unpaired) electrons. The van der Waals surface area contributed by atoms with E-state index in [-0.39, 0.29) is 5.11 Å². The number of nitrogens with two attached hydrogens (primary N) is 1. The number of thiocarbonyl (C=S) groups is 1. The molecule has 3 rings (SSSR count). The lowest BCUT2D eigenvalue weighted by atomic mass is 10.1. The van der Waals surface area contributed by atoms with Crippen molar-refractivity contribution in [2.75, 3.05) is 55.5 Å². The number of nitrogens with zero attached hydrogens (tertiary/aromatic N) is 6. The first kappa shape index (κ1) is 21.6. The van der Waals surface area contributed by atoms with E-state index in [4.69, 9.17) is 27.7 Å². The van der Waals surface area contributed by atoms with Crippen LogP contribution in [-0.4, -0.2) is 68.2 Å². The van der Waals surface area contributed by atoms with Crippen LogP contribution in [0.5, 0.6) is 5.75 Å². The highest BCUT2D eigenvalue weighted by atomic mass is 32.1. The SMILES string of the molecule is COc1ccc(N2CCN(c3ncc(C=NNC(N)=S)c(N(C)C)n3)CC2C)cc1. The number of piperazine rings is 1. The highest BCUT2D eigenvalue weighted by Crippen LogP contribution is 2.25. The number of aromatic nitrogens is 2. The smallest absolute Gasteiger partial charge is 0.227 e. The maximum atomic E-state index is 5.40. The van der Waals surface area contributed by atoms with Gasteiger partial charge in [-0.1, -0.05) is 0 Å². The number of benzene rings is 1. The minimum Gasteiger partial charge on any atom is -0.497 e. The molecule has 9 nitrogen and oxygen atoms in total. The third kappa shape index (κ3) is 5.07. The molecule has 0 aliphatic carbocycles. The number of nitrogens with one attached hydrogen (secondary N) is 1. The molecule has 0 bridgehead atoms. The number of hydrogen-bond donors (Lipinski definition) is 2. The zero-order valence-electron chi connectivity index (χ0n) is 17.7. The van der Waals surface area contributed by atoms with Crippen molar-refractivity contribution < 1.29 is 4.74 Å². The minimum absolute atomic E-state index is 0.110. The summed E-state index contributed by atoms with van der Waals surface area (Å²) in [5, 5.41) is 4.13. The Balaban J connectivity index is 1.74. The second-order valence-electron chi connectivity index (χ2n) is 7.26. The fourth-order valence-electron chi connectivity index (χ4n) is 3.44. The van der Waals surface area contributed by atoms with Crippen LogP contribution < -0.4 is 30.6 Å². The van der Waals surface area contributed by atoms with Gasteiger partial charge < -0.3 is 25.2 Å². The Labute approximate surface area is 182 Å². The molecule has 1 atom stereocenters. The van der Waals surface area contributed by atoms with E-state index in [9.17, 15) is 0 Å². The Hall–Kier alpha value is -3.14. The summed E-state index contributed by atoms with van der Waals surface area (Å²) in [5.74, 6) is 2.35. The number of hydrazone groups is 1. The zero-order valence-corrected chi connectivity index (χ0v) is 18.6. The van der Waals surface area contributed by atoms with Crippen molar-refractivity contribution in [2.24, 2.45) is 10.8 Å². The molecule has 2 heterocycles. The van der Waals surface area contributed by atoms with Gasteiger partial charge in [-0.15, -0.1) is 0 Å². The van der Waals surface area contributed by atoms with Gasteiger partial charge in [0, 0.05) is 51.7 Å². The Morgan fingerprint density at radius 1 is 1.33 bits per heavy atom. The van der Waals surface area contributed by atoms with Gasteiger partial charge in [-0.25, -0.2) is 4.98 Å². The normalized spacial score (nSPS) is 16.6. The number of rotatable bonds is 6. The third-order valence-corrected chi connectivity index (χ3v) is 4.99. The van der Waals surface area contributed by atoms with Crippen LogP contribution in [-0.2, 0) is 0 Å². The van der Waals surface area contributed by atoms with E-state index in [1.165, 1.54) is 5.69 Å². The Kier molecular flexibility index (Phi) is 6.88. The van der Waals surface area contributed by atoms with Crippen molar-refractivity contribution in [3.8, 4) is 5.75 Å². The molecular formula is C20H28N8OS. The Morgan fingerprint density at radius 3 is 2.67 bits per heavy atom. The van der Waals surface area contributed by atoms with Gasteiger partial charge in [0.15, 0.2) is 5.11 Å². The summed E-state index contributed by atoms with van der Waals surface area (Å²) < 4.78 is 5.26. The summed E-state index contributed by atoms with van der Waals surface area (Å²) in [5.41, 5.74) is 9.92. The molecule has 1 aromatic carbocycles. The van der Waals surface area contributed by atoms with Crippen LogP contribution in [0.3, 0.4) is 0 Å². The molecule has 1 unspecified atom stereocenters. The van der Waals surface area contributed by atoms with Crippen LogP contribution in [0, 0.1) is 0 Å². The number of hydrogen-bond acceptors (Lipinski definition) is 8. The third-order valence-electron chi connectivity index (χ3n) is 4.90. The monoisotopic (exact) mass is 428 g/mol. The van der Waals surface area contributed by atoms with Crippen molar-refractivity contribution in [3.05, 3.63) is 36.0 Å². The van der Waals surface area contributed by atoms with Crippen LogP contribution in [0.25, 0.3) is 0 Å². The summed E-state index contributed by atoms with van der Waals surface area (Å²) in [6, 6.07) is 8.50.